The summed E-state index contributed by atoms with van der Waals surface area (Å²) in [5.74, 6) is -0.167. The van der Waals surface area contributed by atoms with Crippen molar-refractivity contribution in [3.63, 3.8) is 0 Å². The topological polar surface area (TPSA) is 71.5 Å². The van der Waals surface area contributed by atoms with Gasteiger partial charge in [-0.3, -0.25) is 14.6 Å². The second-order valence-electron chi connectivity index (χ2n) is 6.62. The number of hydrogen-bond donors (Lipinski definition) is 1. The highest BCUT2D eigenvalue weighted by Crippen LogP contribution is 2.34. The lowest BCUT2D eigenvalue weighted by atomic mass is 10.0. The first kappa shape index (κ1) is 14.6. The minimum absolute atomic E-state index is 0.0289. The molecule has 2 saturated heterocycles. The Balaban J connectivity index is 1.45. The average Bonchev–Trinajstić information content (AvgIpc) is 3.10. The van der Waals surface area contributed by atoms with Gasteiger partial charge in [0, 0.05) is 31.1 Å². The van der Waals surface area contributed by atoms with Crippen LogP contribution in [0.25, 0.3) is 0 Å². The van der Waals surface area contributed by atoms with Crippen LogP contribution in [0.1, 0.15) is 25.0 Å². The van der Waals surface area contributed by atoms with Crippen molar-refractivity contribution in [3.8, 4) is 0 Å². The predicted octanol–water partition coefficient (Wildman–Crippen LogP) is 0.519. The normalized spacial score (nSPS) is 29.4. The lowest BCUT2D eigenvalue weighted by Crippen LogP contribution is -2.39. The van der Waals surface area contributed by atoms with Crippen LogP contribution in [0.3, 0.4) is 0 Å². The number of ether oxygens (including phenoxy) is 1. The van der Waals surface area contributed by atoms with E-state index in [1.807, 2.05) is 23.1 Å². The number of likely N-dealkylation sites (tertiary alicyclic amines) is 1. The number of carbonyl (C=O) groups is 2. The summed E-state index contributed by atoms with van der Waals surface area (Å²) in [6.45, 7) is 1.08. The summed E-state index contributed by atoms with van der Waals surface area (Å²) in [4.78, 5) is 31.1. The molecule has 122 valence electrons. The van der Waals surface area contributed by atoms with Gasteiger partial charge in [-0.1, -0.05) is 6.07 Å². The summed E-state index contributed by atoms with van der Waals surface area (Å²) in [6, 6.07) is 5.94. The first-order chi connectivity index (χ1) is 11.2. The molecule has 3 fully saturated rings. The van der Waals surface area contributed by atoms with Crippen LogP contribution < -0.4 is 5.32 Å². The van der Waals surface area contributed by atoms with Gasteiger partial charge in [-0.2, -0.15) is 0 Å². The fourth-order valence-electron chi connectivity index (χ4n) is 3.58. The van der Waals surface area contributed by atoms with Gasteiger partial charge in [0.1, 0.15) is 0 Å². The first-order valence-electron chi connectivity index (χ1n) is 8.34. The Morgan fingerprint density at radius 2 is 2.17 bits per heavy atom. The van der Waals surface area contributed by atoms with Gasteiger partial charge in [0.2, 0.25) is 11.8 Å². The Labute approximate surface area is 135 Å². The number of hydrogen-bond acceptors (Lipinski definition) is 4. The monoisotopic (exact) mass is 315 g/mol. The van der Waals surface area contributed by atoms with Crippen molar-refractivity contribution >= 4 is 11.8 Å². The number of carbonyl (C=O) groups excluding carboxylic acids is 2. The van der Waals surface area contributed by atoms with Crippen LogP contribution in [0.15, 0.2) is 24.4 Å². The second kappa shape index (κ2) is 5.92. The zero-order valence-electron chi connectivity index (χ0n) is 13.0. The molecule has 0 spiro atoms. The molecule has 2 aliphatic heterocycles. The van der Waals surface area contributed by atoms with E-state index in [9.17, 15) is 9.59 Å². The molecule has 6 heteroatoms. The Bertz CT molecular complexity index is 602. The standard InChI is InChI=1S/C17H21N3O3/c21-15(9-12-3-1-2-7-18-12)20-10-13(16-14(20)6-8-23-16)17(22)19-11-4-5-11/h1-3,7,11,13-14,16H,4-6,8-10H2,(H,19,22)/t13-,14-,16+/m1/s1. The molecular formula is C17H21N3O3. The van der Waals surface area contributed by atoms with Gasteiger partial charge < -0.3 is 15.0 Å². The lowest BCUT2D eigenvalue weighted by molar-refractivity contribution is -0.131. The number of aromatic nitrogens is 1. The summed E-state index contributed by atoms with van der Waals surface area (Å²) >= 11 is 0. The third kappa shape index (κ3) is 2.95. The predicted molar refractivity (Wildman–Crippen MR) is 82.5 cm³/mol. The number of nitrogens with one attached hydrogen (secondary N) is 1. The zero-order chi connectivity index (χ0) is 15.8. The largest absolute Gasteiger partial charge is 0.375 e. The Morgan fingerprint density at radius 1 is 1.30 bits per heavy atom. The van der Waals surface area contributed by atoms with E-state index in [1.54, 1.807) is 6.20 Å². The van der Waals surface area contributed by atoms with Gasteiger partial charge in [-0.25, -0.2) is 0 Å². The van der Waals surface area contributed by atoms with Crippen LogP contribution in [0.2, 0.25) is 0 Å². The number of rotatable bonds is 4. The fraction of sp³-hybridized carbons (Fsp3) is 0.588. The van der Waals surface area contributed by atoms with Crippen LogP contribution in [0.5, 0.6) is 0 Å². The van der Waals surface area contributed by atoms with E-state index in [-0.39, 0.29) is 36.3 Å². The average molecular weight is 315 g/mol. The van der Waals surface area contributed by atoms with E-state index in [2.05, 4.69) is 10.3 Å². The highest BCUT2D eigenvalue weighted by molar-refractivity contribution is 5.84. The molecule has 1 N–H and O–H groups in total. The maximum absolute atomic E-state index is 12.7. The summed E-state index contributed by atoms with van der Waals surface area (Å²) < 4.78 is 5.77. The lowest BCUT2D eigenvalue weighted by Gasteiger charge is -2.22. The third-order valence-electron chi connectivity index (χ3n) is 4.93. The fourth-order valence-corrected chi connectivity index (χ4v) is 3.58. The summed E-state index contributed by atoms with van der Waals surface area (Å²) in [5.41, 5.74) is 0.763. The van der Waals surface area contributed by atoms with Crippen molar-refractivity contribution in [1.82, 2.24) is 15.2 Å². The SMILES string of the molecule is O=C(NC1CC1)[C@@H]1CN(C(=O)Cc2ccccn2)[C@@H]2CCO[C@H]21. The molecule has 2 amide bonds. The zero-order valence-corrected chi connectivity index (χ0v) is 13.0. The Hall–Kier alpha value is -1.95. The van der Waals surface area contributed by atoms with Crippen LogP contribution in [0.4, 0.5) is 0 Å². The van der Waals surface area contributed by atoms with E-state index in [0.29, 0.717) is 19.2 Å². The van der Waals surface area contributed by atoms with E-state index in [0.717, 1.165) is 25.0 Å². The molecule has 3 atom stereocenters. The van der Waals surface area contributed by atoms with Crippen LogP contribution in [0, 0.1) is 5.92 Å². The minimum atomic E-state index is -0.240. The van der Waals surface area contributed by atoms with Gasteiger partial charge >= 0.3 is 0 Å². The van der Waals surface area contributed by atoms with Crippen molar-refractivity contribution in [2.24, 2.45) is 5.92 Å². The number of fused-ring (bicyclic) bond motifs is 1. The first-order valence-corrected chi connectivity index (χ1v) is 8.34. The molecule has 4 rings (SSSR count). The summed E-state index contributed by atoms with van der Waals surface area (Å²) in [5, 5.41) is 3.05. The third-order valence-corrected chi connectivity index (χ3v) is 4.93. The molecule has 3 heterocycles. The van der Waals surface area contributed by atoms with Crippen LogP contribution >= 0.6 is 0 Å². The second-order valence-corrected chi connectivity index (χ2v) is 6.62. The van der Waals surface area contributed by atoms with Gasteiger partial charge in [0.15, 0.2) is 0 Å². The van der Waals surface area contributed by atoms with E-state index < -0.39 is 0 Å². The van der Waals surface area contributed by atoms with Crippen molar-refractivity contribution in [2.75, 3.05) is 13.2 Å². The molecule has 23 heavy (non-hydrogen) atoms. The van der Waals surface area contributed by atoms with E-state index >= 15 is 0 Å². The maximum Gasteiger partial charge on any atom is 0.228 e. The van der Waals surface area contributed by atoms with Crippen molar-refractivity contribution in [1.29, 1.82) is 0 Å². The summed E-state index contributed by atoms with van der Waals surface area (Å²) in [6.07, 6.45) is 4.76. The number of amides is 2. The van der Waals surface area contributed by atoms with Crippen molar-refractivity contribution in [2.45, 2.75) is 43.9 Å². The van der Waals surface area contributed by atoms with E-state index in [1.165, 1.54) is 0 Å². The molecule has 1 aromatic rings. The van der Waals surface area contributed by atoms with Gasteiger partial charge in [-0.15, -0.1) is 0 Å². The number of nitrogens with zero attached hydrogens (tertiary/aromatic N) is 2. The minimum Gasteiger partial charge on any atom is -0.375 e. The van der Waals surface area contributed by atoms with Crippen LogP contribution in [-0.4, -0.2) is 53.0 Å². The van der Waals surface area contributed by atoms with Gasteiger partial charge in [0.05, 0.1) is 24.5 Å². The molecule has 0 unspecified atom stereocenters. The molecule has 0 radical (unpaired) electrons. The summed E-state index contributed by atoms with van der Waals surface area (Å²) in [7, 11) is 0. The molecule has 1 aliphatic carbocycles. The highest BCUT2D eigenvalue weighted by Gasteiger charge is 2.50. The van der Waals surface area contributed by atoms with Crippen molar-refractivity contribution in [3.05, 3.63) is 30.1 Å². The molecule has 1 saturated carbocycles. The molecule has 0 aromatic carbocycles. The smallest absolute Gasteiger partial charge is 0.228 e. The molecule has 1 aromatic heterocycles. The quantitative estimate of drug-likeness (QED) is 0.879. The molecule has 6 nitrogen and oxygen atoms in total. The van der Waals surface area contributed by atoms with Gasteiger partial charge in [0.25, 0.3) is 0 Å². The van der Waals surface area contributed by atoms with Crippen molar-refractivity contribution < 1.29 is 14.3 Å². The van der Waals surface area contributed by atoms with Gasteiger partial charge in [-0.05, 0) is 31.4 Å². The molecule has 3 aliphatic rings. The highest BCUT2D eigenvalue weighted by atomic mass is 16.5. The number of pyridine rings is 1. The van der Waals surface area contributed by atoms with E-state index in [4.69, 9.17) is 4.74 Å². The molecular weight excluding hydrogens is 294 g/mol. The molecule has 0 bridgehead atoms. The van der Waals surface area contributed by atoms with Crippen LogP contribution in [-0.2, 0) is 20.7 Å². The maximum atomic E-state index is 12.7. The Morgan fingerprint density at radius 3 is 2.91 bits per heavy atom. The Kier molecular flexibility index (Phi) is 3.77.